The normalized spacial score (nSPS) is 31.9. The van der Waals surface area contributed by atoms with Crippen LogP contribution >= 0.6 is 0 Å². The molecule has 4 nitrogen and oxygen atoms in total. The van der Waals surface area contributed by atoms with Gasteiger partial charge in [-0.3, -0.25) is 9.59 Å². The molecule has 0 radical (unpaired) electrons. The largest absolute Gasteiger partial charge is 0.417 e. The van der Waals surface area contributed by atoms with Gasteiger partial charge in [0.15, 0.2) is 0 Å². The predicted molar refractivity (Wildman–Crippen MR) is 93.9 cm³/mol. The topological polar surface area (TPSA) is 51.1 Å². The van der Waals surface area contributed by atoms with Crippen LogP contribution in [0.1, 0.15) is 50.5 Å². The Labute approximate surface area is 156 Å². The van der Waals surface area contributed by atoms with Crippen LogP contribution in [-0.2, 0) is 17.5 Å². The summed E-state index contributed by atoms with van der Waals surface area (Å²) in [5.41, 5.74) is -1.20. The summed E-state index contributed by atoms with van der Waals surface area (Å²) >= 11 is 0. The molecule has 0 saturated heterocycles. The molecule has 4 aliphatic rings. The lowest BCUT2D eigenvalue weighted by Crippen LogP contribution is -2.47. The van der Waals surface area contributed by atoms with Gasteiger partial charge in [0.1, 0.15) is 6.54 Å². The van der Waals surface area contributed by atoms with Crippen LogP contribution in [0.4, 0.5) is 13.2 Å². The molecule has 1 N–H and O–H groups in total. The van der Waals surface area contributed by atoms with E-state index in [4.69, 9.17) is 0 Å². The van der Waals surface area contributed by atoms with Crippen LogP contribution < -0.4 is 10.9 Å². The highest BCUT2D eigenvalue weighted by atomic mass is 19.4. The van der Waals surface area contributed by atoms with Crippen LogP contribution in [0.25, 0.3) is 0 Å². The van der Waals surface area contributed by atoms with E-state index in [2.05, 4.69) is 5.32 Å². The Balaban J connectivity index is 1.32. The van der Waals surface area contributed by atoms with Gasteiger partial charge in [0, 0.05) is 18.8 Å². The van der Waals surface area contributed by atoms with Crippen LogP contribution in [0.15, 0.2) is 23.1 Å². The van der Waals surface area contributed by atoms with Gasteiger partial charge in [0.2, 0.25) is 5.91 Å². The molecule has 0 aromatic carbocycles. The number of pyridine rings is 1. The molecule has 1 aromatic rings. The molecular weight excluding hydrogens is 357 g/mol. The fourth-order valence-corrected chi connectivity index (χ4v) is 6.10. The minimum atomic E-state index is -4.54. The fraction of sp³-hybridized carbons (Fsp3) is 0.700. The van der Waals surface area contributed by atoms with E-state index < -0.39 is 23.2 Å². The Morgan fingerprint density at radius 1 is 1.11 bits per heavy atom. The minimum Gasteiger partial charge on any atom is -0.355 e. The highest BCUT2D eigenvalue weighted by molar-refractivity contribution is 5.75. The van der Waals surface area contributed by atoms with Gasteiger partial charge in [-0.15, -0.1) is 0 Å². The van der Waals surface area contributed by atoms with Crippen LogP contribution in [0, 0.1) is 23.2 Å². The monoisotopic (exact) mass is 382 g/mol. The molecule has 1 heterocycles. The fourth-order valence-electron chi connectivity index (χ4n) is 6.10. The molecule has 0 unspecified atom stereocenters. The predicted octanol–water partition coefficient (Wildman–Crippen LogP) is 3.59. The molecule has 0 aliphatic heterocycles. The second-order valence-electron chi connectivity index (χ2n) is 8.90. The van der Waals surface area contributed by atoms with E-state index in [0.29, 0.717) is 18.2 Å². The highest BCUT2D eigenvalue weighted by Gasteiger charge is 2.50. The molecule has 4 saturated carbocycles. The number of nitrogens with zero attached hydrogens (tertiary/aromatic N) is 1. The number of nitrogens with one attached hydrogen (secondary N) is 1. The second kappa shape index (κ2) is 6.67. The molecule has 4 bridgehead atoms. The number of hydrogen-bond acceptors (Lipinski definition) is 2. The zero-order valence-corrected chi connectivity index (χ0v) is 15.2. The Bertz CT molecular complexity index is 749. The number of amides is 1. The summed E-state index contributed by atoms with van der Waals surface area (Å²) in [5, 5.41) is 2.81. The molecule has 4 fully saturated rings. The summed E-state index contributed by atoms with van der Waals surface area (Å²) < 4.78 is 39.2. The van der Waals surface area contributed by atoms with Crippen molar-refractivity contribution in [3.63, 3.8) is 0 Å². The summed E-state index contributed by atoms with van der Waals surface area (Å²) in [4.78, 5) is 23.9. The summed E-state index contributed by atoms with van der Waals surface area (Å²) in [6.07, 6.45) is 4.95. The van der Waals surface area contributed by atoms with Crippen molar-refractivity contribution in [1.29, 1.82) is 0 Å². The molecule has 5 rings (SSSR count). The van der Waals surface area contributed by atoms with E-state index in [1.807, 2.05) is 0 Å². The lowest BCUT2D eigenvalue weighted by atomic mass is 9.49. The van der Waals surface area contributed by atoms with Crippen molar-refractivity contribution in [3.05, 3.63) is 34.2 Å². The van der Waals surface area contributed by atoms with Crippen molar-refractivity contribution in [2.24, 2.45) is 23.2 Å². The van der Waals surface area contributed by atoms with Crippen LogP contribution in [0.2, 0.25) is 0 Å². The number of carbonyl (C=O) groups is 1. The molecule has 7 heteroatoms. The van der Waals surface area contributed by atoms with Crippen molar-refractivity contribution in [1.82, 2.24) is 9.88 Å². The van der Waals surface area contributed by atoms with Crippen molar-refractivity contribution >= 4 is 5.91 Å². The van der Waals surface area contributed by atoms with Gasteiger partial charge in [0.05, 0.1) is 5.56 Å². The molecule has 1 aromatic heterocycles. The Morgan fingerprint density at radius 3 is 2.26 bits per heavy atom. The average molecular weight is 382 g/mol. The number of alkyl halides is 3. The van der Waals surface area contributed by atoms with Crippen LogP contribution in [0.5, 0.6) is 0 Å². The summed E-state index contributed by atoms with van der Waals surface area (Å²) in [7, 11) is 0. The first-order valence-electron chi connectivity index (χ1n) is 9.77. The van der Waals surface area contributed by atoms with Gasteiger partial charge in [-0.25, -0.2) is 0 Å². The first-order chi connectivity index (χ1) is 12.7. The molecule has 1 amide bonds. The molecular formula is C20H25F3N2O2. The van der Waals surface area contributed by atoms with Crippen molar-refractivity contribution in [3.8, 4) is 0 Å². The van der Waals surface area contributed by atoms with Crippen molar-refractivity contribution < 1.29 is 18.0 Å². The lowest BCUT2D eigenvalue weighted by molar-refractivity contribution is -0.138. The van der Waals surface area contributed by atoms with Gasteiger partial charge in [-0.2, -0.15) is 13.2 Å². The first kappa shape index (κ1) is 18.6. The Kier molecular flexibility index (Phi) is 4.59. The number of rotatable bonds is 5. The third kappa shape index (κ3) is 3.92. The number of hydrogen-bond donors (Lipinski definition) is 1. The van der Waals surface area contributed by atoms with E-state index in [0.717, 1.165) is 40.9 Å². The van der Waals surface area contributed by atoms with Gasteiger partial charge >= 0.3 is 6.18 Å². The van der Waals surface area contributed by atoms with E-state index in [1.54, 1.807) is 0 Å². The number of aromatic nitrogens is 1. The third-order valence-electron chi connectivity index (χ3n) is 6.77. The van der Waals surface area contributed by atoms with E-state index in [-0.39, 0.29) is 6.54 Å². The summed E-state index contributed by atoms with van der Waals surface area (Å²) in [6.45, 7) is 0.141. The van der Waals surface area contributed by atoms with E-state index in [9.17, 15) is 22.8 Å². The lowest BCUT2D eigenvalue weighted by Gasteiger charge is -2.57. The van der Waals surface area contributed by atoms with Gasteiger partial charge in [-0.05, 0) is 74.2 Å². The van der Waals surface area contributed by atoms with Gasteiger partial charge in [-0.1, -0.05) is 0 Å². The number of carbonyl (C=O) groups excluding carboxylic acids is 1. The quantitative estimate of drug-likeness (QED) is 0.846. The zero-order valence-electron chi connectivity index (χ0n) is 15.2. The van der Waals surface area contributed by atoms with Gasteiger partial charge in [0.25, 0.3) is 5.56 Å². The number of halogens is 3. The van der Waals surface area contributed by atoms with E-state index in [1.165, 1.54) is 38.5 Å². The molecule has 148 valence electrons. The maximum Gasteiger partial charge on any atom is 0.417 e. The molecule has 4 aliphatic carbocycles. The van der Waals surface area contributed by atoms with Crippen molar-refractivity contribution in [2.75, 3.05) is 6.54 Å². The first-order valence-corrected chi connectivity index (χ1v) is 9.77. The van der Waals surface area contributed by atoms with E-state index >= 15 is 0 Å². The standard InChI is InChI=1S/C20H25F3N2O2/c21-20(22,23)16-1-2-18(27)25(11-16)12-17(26)24-4-3-19-8-13-5-14(9-19)7-15(6-13)10-19/h1-2,11,13-15H,3-10,12H2,(H,24,26). The molecule has 0 spiro atoms. The zero-order chi connectivity index (χ0) is 19.2. The minimum absolute atomic E-state index is 0.342. The maximum atomic E-state index is 12.8. The third-order valence-corrected chi connectivity index (χ3v) is 6.77. The Morgan fingerprint density at radius 2 is 1.70 bits per heavy atom. The molecule has 27 heavy (non-hydrogen) atoms. The average Bonchev–Trinajstić information content (AvgIpc) is 2.54. The SMILES string of the molecule is O=C(Cn1cc(C(F)(F)F)ccc1=O)NCCC12CC3CC(CC(C3)C1)C2. The molecule has 0 atom stereocenters. The smallest absolute Gasteiger partial charge is 0.355 e. The highest BCUT2D eigenvalue weighted by Crippen LogP contribution is 2.61. The second-order valence-corrected chi connectivity index (χ2v) is 8.90. The van der Waals surface area contributed by atoms with Crippen molar-refractivity contribution in [2.45, 2.75) is 57.7 Å². The van der Waals surface area contributed by atoms with Crippen LogP contribution in [0.3, 0.4) is 0 Å². The Hall–Kier alpha value is -1.79. The maximum absolute atomic E-state index is 12.8. The van der Waals surface area contributed by atoms with Gasteiger partial charge < -0.3 is 9.88 Å². The summed E-state index contributed by atoms with van der Waals surface area (Å²) in [5.74, 6) is 2.11. The summed E-state index contributed by atoms with van der Waals surface area (Å²) in [6, 6.07) is 1.59. The van der Waals surface area contributed by atoms with Crippen LogP contribution in [-0.4, -0.2) is 17.0 Å².